The van der Waals surface area contributed by atoms with E-state index in [4.69, 9.17) is 16.7 Å². The van der Waals surface area contributed by atoms with Gasteiger partial charge in [-0.05, 0) is 24.6 Å². The number of amides is 1. The number of carbonyl (C=O) groups is 2. The number of nitrogens with zero attached hydrogens (tertiary/aromatic N) is 2. The third kappa shape index (κ3) is 4.60. The molecule has 2 atom stereocenters. The van der Waals surface area contributed by atoms with E-state index >= 15 is 0 Å². The molecule has 2 heterocycles. The van der Waals surface area contributed by atoms with E-state index in [9.17, 15) is 23.1 Å². The van der Waals surface area contributed by atoms with Crippen molar-refractivity contribution in [3.8, 4) is 0 Å². The van der Waals surface area contributed by atoms with Gasteiger partial charge in [-0.15, -0.1) is 11.3 Å². The molecule has 1 aromatic carbocycles. The fraction of sp³-hybridized carbons (Fsp3) is 0.267. The smallest absolute Gasteiger partial charge is 0.319 e. The van der Waals surface area contributed by atoms with Gasteiger partial charge in [-0.25, -0.2) is 9.37 Å². The van der Waals surface area contributed by atoms with Crippen molar-refractivity contribution in [2.24, 2.45) is 0 Å². The van der Waals surface area contributed by atoms with Gasteiger partial charge in [0.2, 0.25) is 5.91 Å². The number of aromatic nitrogens is 1. The minimum Gasteiger partial charge on any atom is -0.480 e. The fourth-order valence-electron chi connectivity index (χ4n) is 2.75. The topological polar surface area (TPSA) is 135 Å². The molecule has 1 fully saturated rings. The average molecular weight is 451 g/mol. The van der Waals surface area contributed by atoms with Crippen LogP contribution in [0.2, 0.25) is 5.02 Å². The largest absolute Gasteiger partial charge is 0.480 e. The molecule has 1 amide bonds. The molecule has 2 unspecified atom stereocenters. The highest BCUT2D eigenvalue weighted by atomic mass is 35.5. The van der Waals surface area contributed by atoms with Crippen molar-refractivity contribution >= 4 is 51.5 Å². The lowest BCUT2D eigenvalue weighted by Crippen LogP contribution is -2.56. The summed E-state index contributed by atoms with van der Waals surface area (Å²) in [7, 11) is -3.77. The van der Waals surface area contributed by atoms with Crippen molar-refractivity contribution in [3.63, 3.8) is 0 Å². The van der Waals surface area contributed by atoms with Crippen LogP contribution in [0.5, 0.6) is 0 Å². The van der Waals surface area contributed by atoms with Crippen LogP contribution in [0.1, 0.15) is 17.5 Å². The maximum absolute atomic E-state index is 13.3. The third-order valence-electron chi connectivity index (χ3n) is 3.96. The van der Waals surface area contributed by atoms with Gasteiger partial charge in [0.1, 0.15) is 23.4 Å². The molecule has 1 aliphatic rings. The Morgan fingerprint density at radius 3 is 2.82 bits per heavy atom. The van der Waals surface area contributed by atoms with Crippen LogP contribution in [0.3, 0.4) is 0 Å². The van der Waals surface area contributed by atoms with Crippen molar-refractivity contribution in [3.05, 3.63) is 45.6 Å². The molecular weight excluding hydrogens is 435 g/mol. The quantitative estimate of drug-likeness (QED) is 0.469. The van der Waals surface area contributed by atoms with Gasteiger partial charge in [0.05, 0.1) is 11.1 Å². The summed E-state index contributed by atoms with van der Waals surface area (Å²) in [4.78, 5) is 28.1. The Bertz CT molecular complexity index is 885. The first-order valence-corrected chi connectivity index (χ1v) is 10.6. The van der Waals surface area contributed by atoms with Crippen LogP contribution in [0.25, 0.3) is 0 Å². The van der Waals surface area contributed by atoms with Crippen molar-refractivity contribution in [1.82, 2.24) is 14.0 Å². The van der Waals surface area contributed by atoms with Gasteiger partial charge in [0, 0.05) is 17.3 Å². The van der Waals surface area contributed by atoms with E-state index in [0.717, 1.165) is 10.4 Å². The number of rotatable bonds is 5. The summed E-state index contributed by atoms with van der Waals surface area (Å²) in [5.41, 5.74) is 0.187. The zero-order valence-corrected chi connectivity index (χ0v) is 16.5. The van der Waals surface area contributed by atoms with E-state index < -0.39 is 47.3 Å². The second kappa shape index (κ2) is 8.29. The number of halogens is 2. The fourth-order valence-corrected chi connectivity index (χ4v) is 5.26. The molecule has 0 bridgehead atoms. The van der Waals surface area contributed by atoms with Gasteiger partial charge in [0.25, 0.3) is 0 Å². The number of carboxylic acid groups (broad SMARTS) is 1. The Morgan fingerprint density at radius 2 is 2.21 bits per heavy atom. The molecule has 1 aliphatic heterocycles. The van der Waals surface area contributed by atoms with Crippen LogP contribution < -0.4 is 10.0 Å². The first-order chi connectivity index (χ1) is 13.2. The Balaban J connectivity index is 1.88. The van der Waals surface area contributed by atoms with Gasteiger partial charge < -0.3 is 10.4 Å². The first-order valence-electron chi connectivity index (χ1n) is 7.87. The number of hydrogen-bond donors (Lipinski definition) is 5. The Kier molecular flexibility index (Phi) is 6.19. The molecule has 2 aromatic rings. The molecule has 3 rings (SSSR count). The summed E-state index contributed by atoms with van der Waals surface area (Å²) in [6, 6.07) is 1.70. The van der Waals surface area contributed by atoms with E-state index in [1.807, 2.05) is 0 Å². The average Bonchev–Trinajstić information content (AvgIpc) is 3.13. The summed E-state index contributed by atoms with van der Waals surface area (Å²) in [6.45, 7) is -0.776. The molecule has 0 saturated carbocycles. The highest BCUT2D eigenvalue weighted by molar-refractivity contribution is 8.20. The number of carbonyl (C=O) groups excluding carboxylic acids is 1. The second-order valence-electron chi connectivity index (χ2n) is 5.90. The first kappa shape index (κ1) is 20.9. The van der Waals surface area contributed by atoms with Crippen molar-refractivity contribution in [1.29, 1.82) is 0 Å². The van der Waals surface area contributed by atoms with Crippen LogP contribution in [0.15, 0.2) is 29.8 Å². The van der Waals surface area contributed by atoms with E-state index in [-0.39, 0.29) is 17.1 Å². The van der Waals surface area contributed by atoms with Gasteiger partial charge >= 0.3 is 5.97 Å². The predicted molar refractivity (Wildman–Crippen MR) is 104 cm³/mol. The minimum absolute atomic E-state index is 0.0391. The molecule has 5 N–H and O–H groups in total. The number of aliphatic carboxylic acids is 1. The van der Waals surface area contributed by atoms with E-state index in [1.54, 1.807) is 5.38 Å². The Morgan fingerprint density at radius 1 is 1.46 bits per heavy atom. The number of anilines is 1. The monoisotopic (exact) mass is 450 g/mol. The maximum Gasteiger partial charge on any atom is 0.319 e. The van der Waals surface area contributed by atoms with Crippen molar-refractivity contribution in [2.75, 3.05) is 11.9 Å². The van der Waals surface area contributed by atoms with E-state index in [1.165, 1.54) is 29.7 Å². The predicted octanol–water partition coefficient (Wildman–Crippen LogP) is 2.94. The minimum atomic E-state index is -3.77. The lowest BCUT2D eigenvalue weighted by Gasteiger charge is -2.51. The lowest BCUT2D eigenvalue weighted by molar-refractivity contribution is -0.138. The summed E-state index contributed by atoms with van der Waals surface area (Å²) in [6.07, 6.45) is 1.57. The number of benzene rings is 1. The SMILES string of the molecule is O=C(O)CN1C(C(=O)Nc2ccc(F)c(Cl)c2)CC(c2nccs2)NS1(O)O. The zero-order valence-electron chi connectivity index (χ0n) is 14.1. The van der Waals surface area contributed by atoms with Crippen LogP contribution in [-0.4, -0.2) is 48.0 Å². The molecule has 1 aromatic heterocycles. The van der Waals surface area contributed by atoms with Gasteiger partial charge in [-0.1, -0.05) is 22.6 Å². The van der Waals surface area contributed by atoms with E-state index in [2.05, 4.69) is 15.0 Å². The van der Waals surface area contributed by atoms with Gasteiger partial charge in [0.15, 0.2) is 0 Å². The van der Waals surface area contributed by atoms with E-state index in [0.29, 0.717) is 5.01 Å². The molecule has 0 radical (unpaired) electrons. The molecular formula is C15H16ClFN4O5S2. The van der Waals surface area contributed by atoms with Crippen LogP contribution >= 0.6 is 33.9 Å². The van der Waals surface area contributed by atoms with Crippen LogP contribution in [-0.2, 0) is 9.59 Å². The molecule has 9 nitrogen and oxygen atoms in total. The standard InChI is InChI=1S/C15H16ClFN4O5S2/c16-9-5-8(1-2-10(9)17)19-14(24)12-6-11(15-18-3-4-27-15)20-28(25,26)21(12)7-13(22)23/h1-5,11-12,20,25-26H,6-7H2,(H,19,24)(H,22,23). The number of thiazole rings is 1. The van der Waals surface area contributed by atoms with Crippen LogP contribution in [0.4, 0.5) is 10.1 Å². The second-order valence-corrected chi connectivity index (χ2v) is 8.97. The Hall–Kier alpha value is -1.80. The molecule has 1 saturated heterocycles. The van der Waals surface area contributed by atoms with Crippen molar-refractivity contribution < 1.29 is 28.2 Å². The molecule has 0 aliphatic carbocycles. The summed E-state index contributed by atoms with van der Waals surface area (Å²) in [5.74, 6) is -2.68. The summed E-state index contributed by atoms with van der Waals surface area (Å²) < 4.78 is 37.5. The molecule has 28 heavy (non-hydrogen) atoms. The highest BCUT2D eigenvalue weighted by Crippen LogP contribution is 2.49. The lowest BCUT2D eigenvalue weighted by atomic mass is 10.1. The molecule has 13 heteroatoms. The number of nitrogens with one attached hydrogen (secondary N) is 2. The van der Waals surface area contributed by atoms with Crippen molar-refractivity contribution in [2.45, 2.75) is 18.5 Å². The zero-order chi connectivity index (χ0) is 20.5. The molecule has 152 valence electrons. The highest BCUT2D eigenvalue weighted by Gasteiger charge is 2.44. The summed E-state index contributed by atoms with van der Waals surface area (Å²) >= 11 is 6.97. The number of carboxylic acids is 1. The summed E-state index contributed by atoms with van der Waals surface area (Å²) in [5, 5.41) is 13.7. The number of hydrogen-bond acceptors (Lipinski definition) is 8. The molecule has 0 spiro atoms. The normalized spacial score (nSPS) is 23.1. The third-order valence-corrected chi connectivity index (χ3v) is 6.78. The maximum atomic E-state index is 13.3. The van der Waals surface area contributed by atoms with Gasteiger partial charge in [-0.3, -0.25) is 18.7 Å². The van der Waals surface area contributed by atoms with Crippen LogP contribution in [0, 0.1) is 5.82 Å². The Labute approximate surface area is 169 Å². The van der Waals surface area contributed by atoms with Gasteiger partial charge in [-0.2, -0.15) is 9.03 Å².